The molecule has 178 valence electrons. The summed E-state index contributed by atoms with van der Waals surface area (Å²) in [5.74, 6) is 0.425. The van der Waals surface area contributed by atoms with E-state index in [0.29, 0.717) is 24.4 Å². The summed E-state index contributed by atoms with van der Waals surface area (Å²) in [5.41, 5.74) is 1.78. The van der Waals surface area contributed by atoms with E-state index in [1.165, 1.54) is 5.19 Å². The van der Waals surface area contributed by atoms with Crippen molar-refractivity contribution in [2.45, 2.75) is 51.5 Å². The Morgan fingerprint density at radius 1 is 0.824 bits per heavy atom. The molecule has 0 aliphatic heterocycles. The van der Waals surface area contributed by atoms with Crippen molar-refractivity contribution in [3.05, 3.63) is 102 Å². The fourth-order valence-electron chi connectivity index (χ4n) is 4.38. The normalized spacial score (nSPS) is 13.6. The second-order valence-corrected chi connectivity index (χ2v) is 14.2. The van der Waals surface area contributed by atoms with Crippen LogP contribution in [0.25, 0.3) is 0 Å². The van der Waals surface area contributed by atoms with Gasteiger partial charge in [0.25, 0.3) is 5.91 Å². The van der Waals surface area contributed by atoms with Gasteiger partial charge >= 0.3 is 0 Å². The van der Waals surface area contributed by atoms with E-state index in [-0.39, 0.29) is 17.5 Å². The van der Waals surface area contributed by atoms with Crippen molar-refractivity contribution in [1.29, 1.82) is 0 Å². The predicted molar refractivity (Wildman–Crippen MR) is 143 cm³/mol. The number of amides is 2. The molecule has 2 amide bonds. The lowest BCUT2D eigenvalue weighted by Crippen LogP contribution is -2.62. The number of benzene rings is 3. The zero-order valence-electron chi connectivity index (χ0n) is 20.5. The topological polar surface area (TPSA) is 58.2 Å². The van der Waals surface area contributed by atoms with Crippen LogP contribution in [0.2, 0.25) is 12.6 Å². The van der Waals surface area contributed by atoms with Crippen LogP contribution in [-0.4, -0.2) is 25.6 Å². The van der Waals surface area contributed by atoms with E-state index in [2.05, 4.69) is 55.3 Å². The van der Waals surface area contributed by atoms with Crippen molar-refractivity contribution in [2.75, 3.05) is 0 Å². The van der Waals surface area contributed by atoms with E-state index in [0.717, 1.165) is 18.0 Å². The Bertz CT molecular complexity index is 1040. The van der Waals surface area contributed by atoms with Crippen LogP contribution in [-0.2, 0) is 11.3 Å². The molecule has 0 heterocycles. The van der Waals surface area contributed by atoms with E-state index >= 15 is 0 Å². The lowest BCUT2D eigenvalue weighted by molar-refractivity contribution is -0.120. The predicted octanol–water partition coefficient (Wildman–Crippen LogP) is 5.06. The zero-order chi connectivity index (χ0) is 24.4. The van der Waals surface area contributed by atoms with E-state index in [4.69, 9.17) is 0 Å². The van der Waals surface area contributed by atoms with Crippen molar-refractivity contribution in [3.8, 4) is 0 Å². The first-order valence-corrected chi connectivity index (χ1v) is 14.9. The molecule has 0 saturated heterocycles. The molecule has 2 N–H and O–H groups in total. The summed E-state index contributed by atoms with van der Waals surface area (Å²) in [7, 11) is -2.28. The van der Waals surface area contributed by atoms with Crippen LogP contribution in [0.3, 0.4) is 0 Å². The highest BCUT2D eigenvalue weighted by Gasteiger charge is 2.40. The third-order valence-electron chi connectivity index (χ3n) is 6.45. The molecule has 2 atom stereocenters. The lowest BCUT2D eigenvalue weighted by Gasteiger charge is -2.38. The monoisotopic (exact) mass is 472 g/mol. The highest BCUT2D eigenvalue weighted by molar-refractivity contribution is 6.92. The summed E-state index contributed by atoms with van der Waals surface area (Å²) in [4.78, 5) is 26.0. The SMILES string of the molecule is CC(C)CC(NC(=O)c1ccccc1)[Si](C)(CCC(=O)NCc1ccccc1)c1ccccc1. The maximum atomic E-state index is 13.1. The molecule has 0 aromatic heterocycles. The van der Waals surface area contributed by atoms with Crippen LogP contribution in [0.4, 0.5) is 0 Å². The zero-order valence-corrected chi connectivity index (χ0v) is 21.5. The smallest absolute Gasteiger partial charge is 0.251 e. The lowest BCUT2D eigenvalue weighted by atomic mass is 10.1. The molecule has 0 bridgehead atoms. The first kappa shape index (κ1) is 25.4. The fourth-order valence-corrected chi connectivity index (χ4v) is 8.56. The molecule has 3 aromatic carbocycles. The molecule has 0 fully saturated rings. The average molecular weight is 473 g/mol. The van der Waals surface area contributed by atoms with Crippen LogP contribution < -0.4 is 15.8 Å². The summed E-state index contributed by atoms with van der Waals surface area (Å²) < 4.78 is 0. The van der Waals surface area contributed by atoms with Crippen molar-refractivity contribution in [1.82, 2.24) is 10.6 Å². The average Bonchev–Trinajstić information content (AvgIpc) is 2.87. The molecule has 3 aromatic rings. The van der Waals surface area contributed by atoms with Crippen LogP contribution in [0.15, 0.2) is 91.0 Å². The van der Waals surface area contributed by atoms with Gasteiger partial charge in [-0.1, -0.05) is 104 Å². The van der Waals surface area contributed by atoms with Gasteiger partial charge in [0, 0.05) is 24.2 Å². The summed E-state index contributed by atoms with van der Waals surface area (Å²) in [6, 6.07) is 30.6. The van der Waals surface area contributed by atoms with Gasteiger partial charge in [-0.3, -0.25) is 9.59 Å². The largest absolute Gasteiger partial charge is 0.352 e. The Balaban J connectivity index is 1.79. The van der Waals surface area contributed by atoms with Crippen molar-refractivity contribution in [2.24, 2.45) is 5.92 Å². The van der Waals surface area contributed by atoms with Crippen LogP contribution in [0, 0.1) is 5.92 Å². The fraction of sp³-hybridized carbons (Fsp3) is 0.310. The molecule has 0 spiro atoms. The number of hydrogen-bond donors (Lipinski definition) is 2. The van der Waals surface area contributed by atoms with Gasteiger partial charge in [0.15, 0.2) is 0 Å². The Morgan fingerprint density at radius 2 is 1.38 bits per heavy atom. The number of nitrogens with one attached hydrogen (secondary N) is 2. The van der Waals surface area contributed by atoms with Crippen molar-refractivity contribution < 1.29 is 9.59 Å². The maximum Gasteiger partial charge on any atom is 0.251 e. The van der Waals surface area contributed by atoms with Gasteiger partial charge in [0.1, 0.15) is 8.07 Å². The summed E-state index contributed by atoms with van der Waals surface area (Å²) in [6.45, 7) is 7.22. The van der Waals surface area contributed by atoms with Gasteiger partial charge in [-0.25, -0.2) is 0 Å². The molecule has 0 aliphatic carbocycles. The summed E-state index contributed by atoms with van der Waals surface area (Å²) >= 11 is 0. The van der Waals surface area contributed by atoms with Crippen LogP contribution >= 0.6 is 0 Å². The van der Waals surface area contributed by atoms with E-state index in [9.17, 15) is 9.59 Å². The molecule has 4 nitrogen and oxygen atoms in total. The van der Waals surface area contributed by atoms with Gasteiger partial charge in [-0.05, 0) is 36.1 Å². The van der Waals surface area contributed by atoms with E-state index in [1.54, 1.807) is 0 Å². The minimum absolute atomic E-state index is 0.0181. The van der Waals surface area contributed by atoms with Gasteiger partial charge in [0.05, 0.1) is 0 Å². The van der Waals surface area contributed by atoms with E-state index < -0.39 is 8.07 Å². The van der Waals surface area contributed by atoms with Gasteiger partial charge in [-0.2, -0.15) is 0 Å². The van der Waals surface area contributed by atoms with E-state index in [1.807, 2.05) is 66.7 Å². The van der Waals surface area contributed by atoms with Gasteiger partial charge < -0.3 is 10.6 Å². The second-order valence-electron chi connectivity index (χ2n) is 9.57. The standard InChI is InChI=1S/C29H36N2O2Si/c1-23(2)21-28(31-29(33)25-15-9-5-10-16-25)34(3,26-17-11-6-12-18-26)20-19-27(32)30-22-24-13-7-4-8-14-24/h4-18,23,28H,19-22H2,1-3H3,(H,30,32)(H,31,33). The molecule has 3 rings (SSSR count). The Morgan fingerprint density at radius 3 is 1.97 bits per heavy atom. The summed E-state index contributed by atoms with van der Waals surface area (Å²) in [6.07, 6.45) is 1.32. The second kappa shape index (κ2) is 12.3. The highest BCUT2D eigenvalue weighted by atomic mass is 28.3. The molecule has 0 saturated carbocycles. The minimum atomic E-state index is -2.28. The molecule has 5 heteroatoms. The Labute approximate surface area is 204 Å². The Hall–Kier alpha value is -3.18. The molecule has 34 heavy (non-hydrogen) atoms. The van der Waals surface area contributed by atoms with Crippen molar-refractivity contribution >= 4 is 25.1 Å². The molecular formula is C29H36N2O2Si. The number of carbonyl (C=O) groups is 2. The number of carbonyl (C=O) groups excluding carboxylic acids is 2. The quantitative estimate of drug-likeness (QED) is 0.383. The number of rotatable bonds is 11. The molecule has 2 unspecified atom stereocenters. The van der Waals surface area contributed by atoms with Crippen LogP contribution in [0.5, 0.6) is 0 Å². The minimum Gasteiger partial charge on any atom is -0.352 e. The van der Waals surface area contributed by atoms with Gasteiger partial charge in [0.2, 0.25) is 5.91 Å². The highest BCUT2D eigenvalue weighted by Crippen LogP contribution is 2.23. The maximum absolute atomic E-state index is 13.1. The van der Waals surface area contributed by atoms with Gasteiger partial charge in [-0.15, -0.1) is 0 Å². The van der Waals surface area contributed by atoms with Crippen LogP contribution in [0.1, 0.15) is 42.6 Å². The molecular weight excluding hydrogens is 436 g/mol. The molecule has 0 radical (unpaired) electrons. The first-order chi connectivity index (χ1) is 16.4. The van der Waals surface area contributed by atoms with Crippen molar-refractivity contribution in [3.63, 3.8) is 0 Å². The third-order valence-corrected chi connectivity index (χ3v) is 11.3. The molecule has 0 aliphatic rings. The first-order valence-electron chi connectivity index (χ1n) is 12.1. The number of hydrogen-bond acceptors (Lipinski definition) is 2. The summed E-state index contributed by atoms with van der Waals surface area (Å²) in [5, 5.41) is 7.71. The third kappa shape index (κ3) is 7.16. The Kier molecular flexibility index (Phi) is 9.22.